The molecule has 2 nitrogen and oxygen atoms in total. The third-order valence-electron chi connectivity index (χ3n) is 11.3. The molecule has 276 valence electrons. The van der Waals surface area contributed by atoms with Gasteiger partial charge in [0.15, 0.2) is 0 Å². The molecule has 0 atom stereocenters. The largest absolute Gasteiger partial charge is 0.311 e. The number of benzene rings is 9. The van der Waals surface area contributed by atoms with Gasteiger partial charge in [-0.05, 0) is 131 Å². The first-order valence-electron chi connectivity index (χ1n) is 20.0. The van der Waals surface area contributed by atoms with Crippen molar-refractivity contribution in [1.82, 2.24) is 4.57 Å². The van der Waals surface area contributed by atoms with Crippen LogP contribution in [-0.4, -0.2) is 4.57 Å². The number of hydrogen-bond donors (Lipinski definition) is 0. The quantitative estimate of drug-likeness (QED) is 0.150. The lowest BCUT2D eigenvalue weighted by atomic mass is 10.0. The molecular formula is C56H42N2. The molecule has 0 amide bonds. The molecule has 58 heavy (non-hydrogen) atoms. The fourth-order valence-corrected chi connectivity index (χ4v) is 8.34. The summed E-state index contributed by atoms with van der Waals surface area (Å²) in [4.78, 5) is 2.34. The molecule has 1 heterocycles. The Bertz CT molecular complexity index is 2930. The molecule has 0 bridgehead atoms. The molecular weight excluding hydrogens is 701 g/mol. The van der Waals surface area contributed by atoms with Crippen molar-refractivity contribution < 1.29 is 0 Å². The maximum absolute atomic E-state index is 2.40. The Hall–Kier alpha value is -7.42. The summed E-state index contributed by atoms with van der Waals surface area (Å²) in [6, 6.07) is 79.3. The number of hydrogen-bond acceptors (Lipinski definition) is 1. The van der Waals surface area contributed by atoms with Gasteiger partial charge >= 0.3 is 0 Å². The summed E-state index contributed by atoms with van der Waals surface area (Å²) >= 11 is 0. The van der Waals surface area contributed by atoms with Crippen LogP contribution in [0.4, 0.5) is 17.1 Å². The lowest BCUT2D eigenvalue weighted by Gasteiger charge is -2.26. The number of fused-ring (bicyclic) bond motifs is 3. The Morgan fingerprint density at radius 1 is 0.293 bits per heavy atom. The van der Waals surface area contributed by atoms with Crippen molar-refractivity contribution in [3.05, 3.63) is 230 Å². The van der Waals surface area contributed by atoms with E-state index in [0.717, 1.165) is 22.7 Å². The average molecular weight is 743 g/mol. The number of aromatic nitrogens is 1. The number of anilines is 3. The van der Waals surface area contributed by atoms with E-state index in [1.807, 2.05) is 0 Å². The molecule has 2 heteroatoms. The Balaban J connectivity index is 0.984. The van der Waals surface area contributed by atoms with E-state index >= 15 is 0 Å². The van der Waals surface area contributed by atoms with E-state index in [2.05, 4.69) is 242 Å². The smallest absolute Gasteiger partial charge is 0.0541 e. The van der Waals surface area contributed by atoms with E-state index in [0.29, 0.717) is 0 Å². The van der Waals surface area contributed by atoms with Gasteiger partial charge in [-0.25, -0.2) is 0 Å². The second-order valence-electron chi connectivity index (χ2n) is 15.2. The number of rotatable bonds is 8. The average Bonchev–Trinajstić information content (AvgIpc) is 3.60. The van der Waals surface area contributed by atoms with Gasteiger partial charge in [0.1, 0.15) is 0 Å². The summed E-state index contributed by atoms with van der Waals surface area (Å²) in [5.74, 6) is 0. The fourth-order valence-electron chi connectivity index (χ4n) is 8.34. The minimum Gasteiger partial charge on any atom is -0.311 e. The molecule has 0 N–H and O–H groups in total. The SMILES string of the molecule is Cc1cccc(-c2ccc3c(c2)c2cc(C)ccc2n3-c2ccc(-c3ccc(N(c4ccc(-c5ccccc5)cc4)c4ccc(-c5ccccc5)cc4)cc3)cc2)c1. The molecule has 0 unspecified atom stereocenters. The van der Waals surface area contributed by atoms with Gasteiger partial charge in [0.25, 0.3) is 0 Å². The van der Waals surface area contributed by atoms with Crippen molar-refractivity contribution in [1.29, 1.82) is 0 Å². The van der Waals surface area contributed by atoms with Crippen LogP contribution in [0.3, 0.4) is 0 Å². The van der Waals surface area contributed by atoms with Gasteiger partial charge in [-0.2, -0.15) is 0 Å². The van der Waals surface area contributed by atoms with Gasteiger partial charge < -0.3 is 9.47 Å². The summed E-state index contributed by atoms with van der Waals surface area (Å²) in [5.41, 5.74) is 19.1. The minimum atomic E-state index is 1.10. The highest BCUT2D eigenvalue weighted by Gasteiger charge is 2.16. The molecule has 0 saturated heterocycles. The highest BCUT2D eigenvalue weighted by Crippen LogP contribution is 2.39. The molecule has 0 aliphatic rings. The minimum absolute atomic E-state index is 1.10. The van der Waals surface area contributed by atoms with Gasteiger partial charge in [0, 0.05) is 33.5 Å². The molecule has 10 aromatic rings. The van der Waals surface area contributed by atoms with Crippen LogP contribution in [-0.2, 0) is 0 Å². The van der Waals surface area contributed by atoms with E-state index in [1.165, 1.54) is 77.4 Å². The Labute approximate surface area is 340 Å². The fraction of sp³-hybridized carbons (Fsp3) is 0.0357. The summed E-state index contributed by atoms with van der Waals surface area (Å²) in [6.07, 6.45) is 0. The monoisotopic (exact) mass is 742 g/mol. The molecule has 1 aromatic heterocycles. The molecule has 0 aliphatic heterocycles. The van der Waals surface area contributed by atoms with Crippen LogP contribution in [0.5, 0.6) is 0 Å². The standard InChI is InChI=1S/C56H42N2/c1-39-10-9-15-47(36-39)48-25-35-56-54(38-48)53-37-40(2)16-34-55(53)58(56)52-32-23-46(24-33-52)45-21-30-51(31-22-45)57(49-26-17-43(18-27-49)41-11-5-3-6-12-41)50-28-19-44(20-29-50)42-13-7-4-8-14-42/h3-38H,1-2H3. The zero-order valence-electron chi connectivity index (χ0n) is 32.7. The molecule has 0 aliphatic carbocycles. The zero-order valence-corrected chi connectivity index (χ0v) is 32.7. The van der Waals surface area contributed by atoms with Crippen LogP contribution in [0.2, 0.25) is 0 Å². The van der Waals surface area contributed by atoms with Gasteiger partial charge in [0.05, 0.1) is 11.0 Å². The van der Waals surface area contributed by atoms with Crippen molar-refractivity contribution in [2.24, 2.45) is 0 Å². The van der Waals surface area contributed by atoms with Gasteiger partial charge in [-0.1, -0.05) is 157 Å². The third-order valence-corrected chi connectivity index (χ3v) is 11.3. The lowest BCUT2D eigenvalue weighted by Crippen LogP contribution is -2.09. The Kier molecular flexibility index (Phi) is 9.01. The van der Waals surface area contributed by atoms with Crippen molar-refractivity contribution in [2.75, 3.05) is 4.90 Å². The summed E-state index contributed by atoms with van der Waals surface area (Å²) in [5, 5.41) is 2.55. The van der Waals surface area contributed by atoms with Crippen LogP contribution in [0.1, 0.15) is 11.1 Å². The molecule has 0 saturated carbocycles. The van der Waals surface area contributed by atoms with Crippen LogP contribution in [0, 0.1) is 13.8 Å². The van der Waals surface area contributed by atoms with Gasteiger partial charge in [0.2, 0.25) is 0 Å². The van der Waals surface area contributed by atoms with Gasteiger partial charge in [-0.15, -0.1) is 0 Å². The van der Waals surface area contributed by atoms with Crippen molar-refractivity contribution in [3.63, 3.8) is 0 Å². The van der Waals surface area contributed by atoms with Gasteiger partial charge in [-0.3, -0.25) is 0 Å². The second kappa shape index (κ2) is 14.9. The predicted octanol–water partition coefficient (Wildman–Crippen LogP) is 15.5. The third kappa shape index (κ3) is 6.65. The Morgan fingerprint density at radius 2 is 0.672 bits per heavy atom. The number of nitrogens with zero attached hydrogens (tertiary/aromatic N) is 2. The van der Waals surface area contributed by atoms with Crippen LogP contribution < -0.4 is 4.90 Å². The number of aryl methyl sites for hydroxylation is 2. The molecule has 0 radical (unpaired) electrons. The van der Waals surface area contributed by atoms with E-state index in [-0.39, 0.29) is 0 Å². The maximum Gasteiger partial charge on any atom is 0.0541 e. The molecule has 9 aromatic carbocycles. The molecule has 10 rings (SSSR count). The topological polar surface area (TPSA) is 8.17 Å². The van der Waals surface area contributed by atoms with E-state index < -0.39 is 0 Å². The Morgan fingerprint density at radius 3 is 1.17 bits per heavy atom. The van der Waals surface area contributed by atoms with Crippen molar-refractivity contribution >= 4 is 38.9 Å². The molecule has 0 spiro atoms. The lowest BCUT2D eigenvalue weighted by molar-refractivity contribution is 1.18. The van der Waals surface area contributed by atoms with Crippen LogP contribution in [0.25, 0.3) is 72.0 Å². The first-order valence-corrected chi connectivity index (χ1v) is 20.0. The van der Waals surface area contributed by atoms with Crippen LogP contribution in [0.15, 0.2) is 218 Å². The first-order chi connectivity index (χ1) is 28.6. The highest BCUT2D eigenvalue weighted by molar-refractivity contribution is 6.10. The molecule has 0 fully saturated rings. The van der Waals surface area contributed by atoms with E-state index in [1.54, 1.807) is 0 Å². The highest BCUT2D eigenvalue weighted by atomic mass is 15.1. The normalized spacial score (nSPS) is 11.3. The summed E-state index contributed by atoms with van der Waals surface area (Å²) in [7, 11) is 0. The summed E-state index contributed by atoms with van der Waals surface area (Å²) < 4.78 is 2.40. The van der Waals surface area contributed by atoms with Crippen molar-refractivity contribution in [2.45, 2.75) is 13.8 Å². The zero-order chi connectivity index (χ0) is 39.0. The maximum atomic E-state index is 2.40. The van der Waals surface area contributed by atoms with E-state index in [9.17, 15) is 0 Å². The van der Waals surface area contributed by atoms with Crippen molar-refractivity contribution in [3.8, 4) is 50.2 Å². The van der Waals surface area contributed by atoms with E-state index in [4.69, 9.17) is 0 Å². The predicted molar refractivity (Wildman–Crippen MR) is 247 cm³/mol. The van der Waals surface area contributed by atoms with Crippen LogP contribution >= 0.6 is 0 Å². The summed E-state index contributed by atoms with van der Waals surface area (Å²) in [6.45, 7) is 4.33. The second-order valence-corrected chi connectivity index (χ2v) is 15.2. The first kappa shape index (κ1) is 35.0.